The van der Waals surface area contributed by atoms with E-state index < -0.39 is 5.97 Å². The molecule has 0 bridgehead atoms. The molecule has 1 aliphatic heterocycles. The lowest BCUT2D eigenvalue weighted by Crippen LogP contribution is -2.43. The Balaban J connectivity index is 2.06. The fourth-order valence-electron chi connectivity index (χ4n) is 2.45. The van der Waals surface area contributed by atoms with Crippen LogP contribution >= 0.6 is 15.9 Å². The molecule has 0 aliphatic carbocycles. The van der Waals surface area contributed by atoms with Crippen molar-refractivity contribution >= 4 is 27.8 Å². The average molecular weight is 330 g/mol. The molecule has 5 nitrogen and oxygen atoms in total. The smallest absolute Gasteiger partial charge is 0.303 e. The van der Waals surface area contributed by atoms with Gasteiger partial charge in [-0.15, -0.1) is 0 Å². The molecule has 0 spiro atoms. The van der Waals surface area contributed by atoms with Crippen LogP contribution in [0, 0.1) is 0 Å². The number of nitrogens with zero attached hydrogens (tertiary/aromatic N) is 1. The average Bonchev–Trinajstić information content (AvgIpc) is 2.82. The van der Waals surface area contributed by atoms with Crippen molar-refractivity contribution in [2.75, 3.05) is 6.54 Å². The first-order valence-corrected chi connectivity index (χ1v) is 7.14. The van der Waals surface area contributed by atoms with Crippen molar-refractivity contribution in [3.63, 3.8) is 0 Å². The zero-order valence-electron chi connectivity index (χ0n) is 10.5. The Morgan fingerprint density at radius 3 is 2.89 bits per heavy atom. The van der Waals surface area contributed by atoms with Crippen LogP contribution < -0.4 is 0 Å². The lowest BCUT2D eigenvalue weighted by Gasteiger charge is -2.35. The fraction of sp³-hybridized carbons (Fsp3) is 0.538. The van der Waals surface area contributed by atoms with Gasteiger partial charge in [-0.25, -0.2) is 0 Å². The number of amides is 1. The molecular weight excluding hydrogens is 314 g/mol. The van der Waals surface area contributed by atoms with Crippen molar-refractivity contribution in [1.29, 1.82) is 0 Å². The van der Waals surface area contributed by atoms with Gasteiger partial charge in [-0.2, -0.15) is 0 Å². The van der Waals surface area contributed by atoms with Gasteiger partial charge in [0, 0.05) is 25.1 Å². The number of hydrogen-bond acceptors (Lipinski definition) is 3. The van der Waals surface area contributed by atoms with Gasteiger partial charge in [0.15, 0.2) is 4.67 Å². The zero-order chi connectivity index (χ0) is 13.8. The third kappa shape index (κ3) is 3.59. The highest BCUT2D eigenvalue weighted by Crippen LogP contribution is 2.24. The minimum atomic E-state index is -0.816. The van der Waals surface area contributed by atoms with Crippen LogP contribution in [0.1, 0.15) is 42.5 Å². The van der Waals surface area contributed by atoms with Crippen LogP contribution in [-0.2, 0) is 4.79 Å². The molecule has 1 aromatic rings. The summed E-state index contributed by atoms with van der Waals surface area (Å²) in [5.41, 5.74) is 0.508. The standard InChI is InChI=1S/C13H16BrNO4/c14-11-7-9(8-19-11)13(18)15-6-2-1-3-10(15)4-5-12(16)17/h7-8,10H,1-6H2,(H,16,17). The van der Waals surface area contributed by atoms with E-state index in [0.717, 1.165) is 19.3 Å². The van der Waals surface area contributed by atoms with E-state index in [1.165, 1.54) is 6.26 Å². The van der Waals surface area contributed by atoms with Crippen LogP contribution in [0.15, 0.2) is 21.4 Å². The van der Waals surface area contributed by atoms with E-state index in [9.17, 15) is 9.59 Å². The third-order valence-corrected chi connectivity index (χ3v) is 3.81. The second-order valence-corrected chi connectivity index (χ2v) is 5.50. The maximum atomic E-state index is 12.4. The Hall–Kier alpha value is -1.30. The summed E-state index contributed by atoms with van der Waals surface area (Å²) >= 11 is 3.17. The maximum absolute atomic E-state index is 12.4. The normalized spacial score (nSPS) is 19.4. The molecule has 1 unspecified atom stereocenters. The number of halogens is 1. The number of carboxylic acids is 1. The molecule has 1 fully saturated rings. The van der Waals surface area contributed by atoms with Gasteiger partial charge < -0.3 is 14.4 Å². The van der Waals surface area contributed by atoms with Gasteiger partial charge in [0.05, 0.1) is 5.56 Å². The third-order valence-electron chi connectivity index (χ3n) is 3.39. The zero-order valence-corrected chi connectivity index (χ0v) is 12.1. The molecule has 1 amide bonds. The quantitative estimate of drug-likeness (QED) is 0.921. The van der Waals surface area contributed by atoms with Gasteiger partial charge >= 0.3 is 5.97 Å². The number of furan rings is 1. The van der Waals surface area contributed by atoms with E-state index in [4.69, 9.17) is 9.52 Å². The Morgan fingerprint density at radius 1 is 1.47 bits per heavy atom. The number of rotatable bonds is 4. The number of carboxylic acid groups (broad SMARTS) is 1. The summed E-state index contributed by atoms with van der Waals surface area (Å²) in [4.78, 5) is 24.8. The van der Waals surface area contributed by atoms with Crippen LogP contribution in [0.3, 0.4) is 0 Å². The molecule has 6 heteroatoms. The summed E-state index contributed by atoms with van der Waals surface area (Å²) in [5.74, 6) is -0.895. The van der Waals surface area contributed by atoms with Crippen molar-refractivity contribution in [3.8, 4) is 0 Å². The van der Waals surface area contributed by atoms with Crippen LogP contribution in [0.25, 0.3) is 0 Å². The lowest BCUT2D eigenvalue weighted by atomic mass is 9.97. The van der Waals surface area contributed by atoms with E-state index in [-0.39, 0.29) is 18.4 Å². The van der Waals surface area contributed by atoms with Crippen LogP contribution in [0.5, 0.6) is 0 Å². The molecule has 1 N–H and O–H groups in total. The molecule has 1 atom stereocenters. The Labute approximate surface area is 119 Å². The van der Waals surface area contributed by atoms with Crippen molar-refractivity contribution in [2.24, 2.45) is 0 Å². The minimum absolute atomic E-state index is 0.0195. The van der Waals surface area contributed by atoms with Gasteiger partial charge in [0.1, 0.15) is 6.26 Å². The first-order valence-electron chi connectivity index (χ1n) is 6.34. The van der Waals surface area contributed by atoms with Gasteiger partial charge in [-0.3, -0.25) is 9.59 Å². The van der Waals surface area contributed by atoms with Gasteiger partial charge in [0.25, 0.3) is 5.91 Å². The fourth-order valence-corrected chi connectivity index (χ4v) is 2.79. The van der Waals surface area contributed by atoms with Crippen molar-refractivity contribution < 1.29 is 19.1 Å². The summed E-state index contributed by atoms with van der Waals surface area (Å²) in [6.07, 6.45) is 4.93. The van der Waals surface area contributed by atoms with Crippen LogP contribution in [0.4, 0.5) is 0 Å². The van der Waals surface area contributed by atoms with Crippen molar-refractivity contribution in [1.82, 2.24) is 4.90 Å². The van der Waals surface area contributed by atoms with Gasteiger partial charge in [-0.1, -0.05) is 0 Å². The molecule has 1 aliphatic rings. The summed E-state index contributed by atoms with van der Waals surface area (Å²) in [7, 11) is 0. The van der Waals surface area contributed by atoms with E-state index in [1.807, 2.05) is 0 Å². The number of carbonyl (C=O) groups is 2. The predicted molar refractivity (Wildman–Crippen MR) is 72.0 cm³/mol. The number of carbonyl (C=O) groups excluding carboxylic acids is 1. The highest BCUT2D eigenvalue weighted by atomic mass is 79.9. The highest BCUT2D eigenvalue weighted by Gasteiger charge is 2.28. The van der Waals surface area contributed by atoms with E-state index in [2.05, 4.69) is 15.9 Å². The largest absolute Gasteiger partial charge is 0.481 e. The van der Waals surface area contributed by atoms with E-state index in [1.54, 1.807) is 11.0 Å². The molecule has 0 aromatic carbocycles. The van der Waals surface area contributed by atoms with E-state index >= 15 is 0 Å². The molecule has 0 radical (unpaired) electrons. The monoisotopic (exact) mass is 329 g/mol. The van der Waals surface area contributed by atoms with Crippen molar-refractivity contribution in [2.45, 2.75) is 38.1 Å². The Morgan fingerprint density at radius 2 is 2.26 bits per heavy atom. The highest BCUT2D eigenvalue weighted by molar-refractivity contribution is 9.10. The maximum Gasteiger partial charge on any atom is 0.303 e. The SMILES string of the molecule is O=C(O)CCC1CCCCN1C(=O)c1coc(Br)c1. The second-order valence-electron chi connectivity index (χ2n) is 4.72. The first kappa shape index (κ1) is 14.1. The molecule has 2 heterocycles. The van der Waals surface area contributed by atoms with Crippen molar-refractivity contribution in [3.05, 3.63) is 22.6 Å². The molecule has 1 saturated heterocycles. The molecule has 1 aromatic heterocycles. The van der Waals surface area contributed by atoms with E-state index in [0.29, 0.717) is 23.2 Å². The lowest BCUT2D eigenvalue weighted by molar-refractivity contribution is -0.137. The number of hydrogen-bond donors (Lipinski definition) is 1. The Kier molecular flexibility index (Phi) is 4.63. The molecule has 2 rings (SSSR count). The first-order chi connectivity index (χ1) is 9.08. The van der Waals surface area contributed by atoms with Crippen LogP contribution in [0.2, 0.25) is 0 Å². The predicted octanol–water partition coefficient (Wildman–Crippen LogP) is 2.90. The molecule has 0 saturated carbocycles. The topological polar surface area (TPSA) is 70.8 Å². The summed E-state index contributed by atoms with van der Waals surface area (Å²) < 4.78 is 5.61. The van der Waals surface area contributed by atoms with Crippen LogP contribution in [-0.4, -0.2) is 34.5 Å². The summed E-state index contributed by atoms with van der Waals surface area (Å²) in [6, 6.07) is 1.66. The Bertz CT molecular complexity index is 471. The molecule has 104 valence electrons. The summed E-state index contributed by atoms with van der Waals surface area (Å²) in [6.45, 7) is 0.686. The second kappa shape index (κ2) is 6.23. The summed E-state index contributed by atoms with van der Waals surface area (Å²) in [5, 5.41) is 8.76. The number of piperidine rings is 1. The number of aliphatic carboxylic acids is 1. The number of likely N-dealkylation sites (tertiary alicyclic amines) is 1. The van der Waals surface area contributed by atoms with Gasteiger partial charge in [0.2, 0.25) is 0 Å². The van der Waals surface area contributed by atoms with Gasteiger partial charge in [-0.05, 0) is 41.6 Å². The molecule has 19 heavy (non-hydrogen) atoms. The minimum Gasteiger partial charge on any atom is -0.481 e. The molecular formula is C13H16BrNO4.